The van der Waals surface area contributed by atoms with Crippen LogP contribution < -0.4 is 41.5 Å². The van der Waals surface area contributed by atoms with Crippen LogP contribution in [-0.4, -0.2) is 288 Å². The van der Waals surface area contributed by atoms with Crippen molar-refractivity contribution >= 4 is 164 Å². The van der Waals surface area contributed by atoms with Crippen molar-refractivity contribution in [3.05, 3.63) is 79.0 Å². The van der Waals surface area contributed by atoms with Crippen LogP contribution in [0, 0.1) is 5.82 Å². The van der Waals surface area contributed by atoms with E-state index in [2.05, 4.69) is 15.0 Å². The van der Waals surface area contributed by atoms with Crippen LogP contribution in [-0.2, 0) is 74.1 Å². The molecule has 39 heteroatoms. The molecule has 10 radical (unpaired) electrons. The summed E-state index contributed by atoms with van der Waals surface area (Å²) < 4.78 is 134. The van der Waals surface area contributed by atoms with Crippen LogP contribution in [0.4, 0.5) is 27.5 Å². The molecule has 96 heavy (non-hydrogen) atoms. The number of carbonyl (C=O) groups excluding carboxylic acids is 5. The number of sulfonamides is 5. The smallest absolute Gasteiger partial charge is 0.247 e. The number of pyridine rings is 1. The lowest BCUT2D eigenvalue weighted by Crippen LogP contribution is -2.45. The van der Waals surface area contributed by atoms with Gasteiger partial charge in [0.1, 0.15) is 73.2 Å². The highest BCUT2D eigenvalue weighted by atomic mass is 32.2. The highest BCUT2D eigenvalue weighted by Gasteiger charge is 2.44. The van der Waals surface area contributed by atoms with Crippen LogP contribution in [0.2, 0.25) is 5.82 Å². The summed E-state index contributed by atoms with van der Waals surface area (Å²) >= 11 is 0. The number of hydrogen-bond acceptors (Lipinski definition) is 18. The molecular weight excluding hydrogens is 1340 g/mol. The number of anilines is 4. The van der Waals surface area contributed by atoms with Crippen molar-refractivity contribution in [2.24, 2.45) is 0 Å². The van der Waals surface area contributed by atoms with Gasteiger partial charge in [0.05, 0.1) is 44.8 Å². The number of amides is 5. The fourth-order valence-corrected chi connectivity index (χ4v) is 14.6. The van der Waals surface area contributed by atoms with Crippen LogP contribution in [0.25, 0.3) is 0 Å². The van der Waals surface area contributed by atoms with Crippen molar-refractivity contribution in [2.75, 3.05) is 119 Å². The van der Waals surface area contributed by atoms with Crippen LogP contribution in [0.3, 0.4) is 0 Å². The molecule has 5 amide bonds. The van der Waals surface area contributed by atoms with Crippen LogP contribution >= 0.6 is 0 Å². The van der Waals surface area contributed by atoms with Gasteiger partial charge in [0.15, 0.2) is 0 Å². The molecule has 0 N–H and O–H groups in total. The summed E-state index contributed by atoms with van der Waals surface area (Å²) in [7, 11) is 18.1. The number of carbonyl (C=O) groups is 5. The number of rotatable bonds is 15. The molecule has 2 aromatic heterocycles. The summed E-state index contributed by atoms with van der Waals surface area (Å²) in [5.41, 5.74) is 2.67. The Balaban J connectivity index is 0.000000190. The lowest BCUT2D eigenvalue weighted by atomic mass is 9.74. The van der Waals surface area contributed by atoms with Crippen molar-refractivity contribution in [3.8, 4) is 0 Å². The average Bonchev–Trinajstić information content (AvgIpc) is 1.66. The minimum absolute atomic E-state index is 0.0478. The number of nitrogens with zero attached hydrogens (tertiary/aromatic N) is 13. The van der Waals surface area contributed by atoms with Crippen molar-refractivity contribution in [1.29, 1.82) is 0 Å². The van der Waals surface area contributed by atoms with Gasteiger partial charge in [-0.1, -0.05) is 64.8 Å². The standard InChI is InChI=1S/C12H14BFN2O3S.C12H21BN2O3S.C12H15BN2O3S.C11H14BN3O3S.C10H13BN4O3S/c1-15(20(2,18)19)11-5-6-16(12(11)17)10-4-3-8(13)7-9(10)14;2*1-14(19(2,17)18)11-7-8-15(12(11)16)10-5-3-9(13)4-6-10;1-14(19(2,17)18)9-5-6-15(11(9)16)10-4-3-8(12)7-13-10;1-14(19(2,17)18)8-3-4-15(9(8)16)10-12-5-7(11)6-13-10/h3-4,7,11H,5-6H2,1-2H3;9-11H,3-8H2,1-2H3;3-6,11H,7-8H2,1-2H3;3-4,7,9H,5-6H2,1-2H3;5-6,8H,3-4H2,1-2H3. The third-order valence-electron chi connectivity index (χ3n) is 17.3. The zero-order chi connectivity index (χ0) is 71.9. The summed E-state index contributed by atoms with van der Waals surface area (Å²) in [6.45, 7) is 2.26. The monoisotopic (exact) mass is 1420 g/mol. The number of halogens is 1. The molecule has 0 spiro atoms. The second kappa shape index (κ2) is 32.2. The zero-order valence-corrected chi connectivity index (χ0v) is 59.2. The van der Waals surface area contributed by atoms with E-state index in [-0.39, 0.29) is 59.1 Å². The van der Waals surface area contributed by atoms with E-state index in [0.29, 0.717) is 80.5 Å². The maximum absolute atomic E-state index is 13.8. The molecule has 6 fully saturated rings. The Labute approximate surface area is 570 Å². The summed E-state index contributed by atoms with van der Waals surface area (Å²) in [4.78, 5) is 80.9. The third-order valence-corrected chi connectivity index (χ3v) is 23.8. The minimum Gasteiger partial charge on any atom is -0.338 e. The quantitative estimate of drug-likeness (QED) is 0.105. The van der Waals surface area contributed by atoms with E-state index in [0.717, 1.165) is 85.9 Å². The molecule has 6 aliphatic rings. The van der Waals surface area contributed by atoms with E-state index in [1.165, 1.54) is 85.0 Å². The van der Waals surface area contributed by atoms with Gasteiger partial charge in [-0.3, -0.25) is 33.8 Å². The first-order valence-corrected chi connectivity index (χ1v) is 39.3. The molecule has 7 heterocycles. The Hall–Kier alpha value is -6.18. The van der Waals surface area contributed by atoms with Crippen LogP contribution in [0.1, 0.15) is 57.8 Å². The van der Waals surface area contributed by atoms with Crippen molar-refractivity contribution in [3.63, 3.8) is 0 Å². The Morgan fingerprint density at radius 2 is 0.760 bits per heavy atom. The first-order chi connectivity index (χ1) is 44.4. The molecule has 5 saturated heterocycles. The van der Waals surface area contributed by atoms with E-state index in [9.17, 15) is 70.5 Å². The number of hydrogen-bond donors (Lipinski definition) is 0. The van der Waals surface area contributed by atoms with Gasteiger partial charge < -0.3 is 14.7 Å². The van der Waals surface area contributed by atoms with E-state index in [1.807, 2.05) is 4.90 Å². The largest absolute Gasteiger partial charge is 0.338 e. The highest BCUT2D eigenvalue weighted by molar-refractivity contribution is 7.89. The first kappa shape index (κ1) is 78.8. The Morgan fingerprint density at radius 3 is 1.19 bits per heavy atom. The molecule has 10 rings (SSSR count). The SMILES string of the molecule is [B]C1CCC(N2CCC(N(C)S(C)(=O)=O)C2=O)CC1.[B]c1ccc(N2CCC(N(C)S(C)(=O)=O)C2=O)c(F)c1.[B]c1ccc(N2CCC(N(C)S(C)(=O)=O)C2=O)cc1.[B]c1ccc(N2CCC(N(C)S(C)(=O)=O)C2=O)nc1.[B]c1cnc(N2CCC(N(C)S(C)(=O)=O)C2=O)nc1. The molecule has 28 nitrogen and oxygen atoms in total. The lowest BCUT2D eigenvalue weighted by molar-refractivity contribution is -0.133. The van der Waals surface area contributed by atoms with Gasteiger partial charge in [-0.2, -0.15) is 21.5 Å². The van der Waals surface area contributed by atoms with E-state index in [4.69, 9.17) is 39.2 Å². The normalized spacial score (nSPS) is 22.7. The van der Waals surface area contributed by atoms with Gasteiger partial charge in [0.2, 0.25) is 85.6 Å². The number of likely N-dealkylation sites (N-methyl/N-ethyl adjacent to an activating group) is 5. The second-order valence-electron chi connectivity index (χ2n) is 24.0. The summed E-state index contributed by atoms with van der Waals surface area (Å²) in [5.74, 6) is -0.868. The number of aromatic nitrogens is 3. The fourth-order valence-electron chi connectivity index (χ4n) is 11.3. The molecule has 512 valence electrons. The molecule has 5 unspecified atom stereocenters. The summed E-state index contributed by atoms with van der Waals surface area (Å²) in [6.07, 6.45) is 15.7. The Bertz CT molecular complexity index is 3810. The number of likely N-dealkylation sites (tertiary alicyclic amines) is 1. The molecule has 4 aromatic rings. The highest BCUT2D eigenvalue weighted by Crippen LogP contribution is 2.33. The fraction of sp³-hybridized carbons (Fsp3) is 0.544. The van der Waals surface area contributed by atoms with Gasteiger partial charge in [0, 0.05) is 98.3 Å². The first-order valence-electron chi connectivity index (χ1n) is 30.1. The topological polar surface area (TPSA) is 327 Å². The number of benzene rings is 2. The van der Waals surface area contributed by atoms with Gasteiger partial charge in [-0.05, 0) is 75.3 Å². The predicted octanol–water partition coefficient (Wildman–Crippen LogP) is -3.39. The van der Waals surface area contributed by atoms with E-state index < -0.39 is 92.1 Å². The molecular formula is C57H77B5FN13O15S5. The average molecular weight is 1420 g/mol. The summed E-state index contributed by atoms with van der Waals surface area (Å²) in [6, 6.07) is 11.3. The Morgan fingerprint density at radius 1 is 0.406 bits per heavy atom. The van der Waals surface area contributed by atoms with Gasteiger partial charge >= 0.3 is 0 Å². The molecule has 2 aromatic carbocycles. The van der Waals surface area contributed by atoms with Crippen molar-refractivity contribution < 1.29 is 70.5 Å². The van der Waals surface area contributed by atoms with E-state index in [1.54, 1.807) is 41.3 Å². The zero-order valence-electron chi connectivity index (χ0n) is 55.1. The van der Waals surface area contributed by atoms with Gasteiger partial charge in [-0.25, -0.2) is 61.4 Å². The Kier molecular flexibility index (Phi) is 26.5. The van der Waals surface area contributed by atoms with Crippen molar-refractivity contribution in [1.82, 2.24) is 41.4 Å². The predicted molar refractivity (Wildman–Crippen MR) is 369 cm³/mol. The lowest BCUT2D eigenvalue weighted by Gasteiger charge is -2.34. The molecule has 1 saturated carbocycles. The van der Waals surface area contributed by atoms with Gasteiger partial charge in [0.25, 0.3) is 0 Å². The minimum atomic E-state index is -3.47. The van der Waals surface area contributed by atoms with Crippen LogP contribution in [0.5, 0.6) is 0 Å². The summed E-state index contributed by atoms with van der Waals surface area (Å²) in [5, 5.41) is 0. The molecule has 5 aliphatic heterocycles. The maximum atomic E-state index is 13.8. The molecule has 5 atom stereocenters. The molecule has 0 bridgehead atoms. The van der Waals surface area contributed by atoms with E-state index >= 15 is 0 Å². The third kappa shape index (κ3) is 20.0. The van der Waals surface area contributed by atoms with Crippen LogP contribution in [0.15, 0.2) is 73.2 Å². The van der Waals surface area contributed by atoms with Gasteiger partial charge in [-0.15, -0.1) is 0 Å². The molecule has 1 aliphatic carbocycles. The van der Waals surface area contributed by atoms with Crippen molar-refractivity contribution in [2.45, 2.75) is 99.9 Å². The maximum Gasteiger partial charge on any atom is 0.247 e. The second-order valence-corrected chi connectivity index (χ2v) is 34.3.